The van der Waals surface area contributed by atoms with E-state index in [-0.39, 0.29) is 19.3 Å². The molecule has 0 aliphatic heterocycles. The molecule has 0 radical (unpaired) electrons. The number of unbranched alkanes of at least 4 members (excludes halogenated alkanes) is 25. The summed E-state index contributed by atoms with van der Waals surface area (Å²) in [5.41, 5.74) is 0. The van der Waals surface area contributed by atoms with E-state index in [1.165, 1.54) is 57.8 Å². The first-order valence-electron chi connectivity index (χ1n) is 39.8. The third-order valence-corrected chi connectivity index (χ3v) is 18.1. The molecule has 0 aromatic carbocycles. The summed E-state index contributed by atoms with van der Waals surface area (Å²) in [7, 11) is -9.81. The molecule has 16 nitrogen and oxygen atoms in total. The maximum absolute atomic E-state index is 13.0. The van der Waals surface area contributed by atoms with Crippen LogP contribution >= 0.6 is 15.6 Å². The third kappa shape index (κ3) is 78.1. The first-order chi connectivity index (χ1) is 50.2. The molecule has 18 heteroatoms. The highest BCUT2D eigenvalue weighted by Gasteiger charge is 2.29. The lowest BCUT2D eigenvalue weighted by atomic mass is 10.0. The SMILES string of the molecule is CC/C=C\C/C=C\C/C=C\C/C=C\C/C=C\CCCCCCCCCCCCCCCC(=O)OCC(O)COP(=O)(O)OCC(O)COP(=O)(O)OCC(COC(=O)CCCCCCCC/C=C\C/C=C\C/C=C\C/C=C\CC)OC(=O)CCCCCCCC/C=C\C/C=C\C/C=C\C/C=C\CC. The van der Waals surface area contributed by atoms with E-state index in [0.29, 0.717) is 19.3 Å². The molecule has 0 heterocycles. The van der Waals surface area contributed by atoms with Gasteiger partial charge in [-0.3, -0.25) is 32.5 Å². The lowest BCUT2D eigenvalue weighted by Crippen LogP contribution is -2.30. The largest absolute Gasteiger partial charge is 0.472 e. The van der Waals surface area contributed by atoms with Crippen LogP contribution < -0.4 is 0 Å². The van der Waals surface area contributed by atoms with Crippen LogP contribution in [-0.2, 0) is 55.8 Å². The van der Waals surface area contributed by atoms with Gasteiger partial charge in [-0.25, -0.2) is 9.13 Å². The van der Waals surface area contributed by atoms with Gasteiger partial charge in [-0.15, -0.1) is 0 Å². The normalized spacial score (nSPS) is 14.8. The molecule has 0 aromatic rings. The first-order valence-corrected chi connectivity index (χ1v) is 42.8. The Bertz CT molecular complexity index is 2500. The lowest BCUT2D eigenvalue weighted by molar-refractivity contribution is -0.161. The summed E-state index contributed by atoms with van der Waals surface area (Å²) in [4.78, 5) is 58.7. The molecule has 0 rings (SSSR count). The van der Waals surface area contributed by atoms with Crippen molar-refractivity contribution in [2.75, 3.05) is 39.6 Å². The topological polar surface area (TPSA) is 231 Å². The number of hydrogen-bond donors (Lipinski definition) is 4. The molecule has 4 N–H and O–H groups in total. The Hall–Kier alpha value is -4.83. The van der Waals surface area contributed by atoms with Crippen molar-refractivity contribution in [1.29, 1.82) is 0 Å². The molecule has 0 saturated carbocycles. The Kier molecular flexibility index (Phi) is 73.2. The Balaban J connectivity index is 4.59. The Morgan fingerprint density at radius 1 is 0.272 bits per heavy atom. The Morgan fingerprint density at radius 2 is 0.485 bits per heavy atom. The van der Waals surface area contributed by atoms with Gasteiger partial charge in [0.1, 0.15) is 25.4 Å². The summed E-state index contributed by atoms with van der Waals surface area (Å²) in [5, 5.41) is 20.7. The second-order valence-electron chi connectivity index (χ2n) is 26.1. The van der Waals surface area contributed by atoms with E-state index in [4.69, 9.17) is 32.3 Å². The van der Waals surface area contributed by atoms with Crippen LogP contribution in [0, 0.1) is 0 Å². The summed E-state index contributed by atoms with van der Waals surface area (Å²) in [6.07, 6.45) is 95.7. The fourth-order valence-corrected chi connectivity index (χ4v) is 11.9. The number of aliphatic hydroxyl groups is 2. The van der Waals surface area contributed by atoms with E-state index < -0.39 is 91.5 Å². The van der Waals surface area contributed by atoms with Crippen LogP contribution in [0.25, 0.3) is 0 Å². The molecule has 588 valence electrons. The number of carbonyl (C=O) groups excluding carboxylic acids is 3. The van der Waals surface area contributed by atoms with Gasteiger partial charge in [-0.05, 0) is 141 Å². The molecule has 0 bridgehead atoms. The van der Waals surface area contributed by atoms with Gasteiger partial charge in [-0.2, -0.15) is 0 Å². The first kappa shape index (κ1) is 98.2. The summed E-state index contributed by atoms with van der Waals surface area (Å²) in [6.45, 7) is 2.31. The van der Waals surface area contributed by atoms with Crippen molar-refractivity contribution >= 4 is 33.6 Å². The molecule has 0 spiro atoms. The summed E-state index contributed by atoms with van der Waals surface area (Å²) >= 11 is 0. The zero-order chi connectivity index (χ0) is 75.2. The van der Waals surface area contributed by atoms with E-state index in [2.05, 4.69) is 179 Å². The van der Waals surface area contributed by atoms with Crippen LogP contribution in [0.5, 0.6) is 0 Å². The molecule has 0 aliphatic rings. The highest BCUT2D eigenvalue weighted by atomic mass is 31.2. The van der Waals surface area contributed by atoms with Gasteiger partial charge in [0.2, 0.25) is 0 Å². The molecule has 0 amide bonds. The molecule has 5 unspecified atom stereocenters. The molecule has 0 saturated heterocycles. The highest BCUT2D eigenvalue weighted by molar-refractivity contribution is 7.47. The Morgan fingerprint density at radius 3 is 0.767 bits per heavy atom. The molecule has 0 aliphatic carbocycles. The number of phosphoric acid groups is 2. The van der Waals surface area contributed by atoms with Crippen LogP contribution in [0.3, 0.4) is 0 Å². The number of allylic oxidation sites excluding steroid dienone is 26. The zero-order valence-electron chi connectivity index (χ0n) is 64.2. The minimum absolute atomic E-state index is 0.0803. The van der Waals surface area contributed by atoms with Crippen LogP contribution in [-0.4, -0.2) is 95.9 Å². The molecule has 5 atom stereocenters. The standard InChI is InChI=1S/C85H142O16P2/c1-4-7-10-13-16-19-22-25-28-31-34-35-36-37-38-39-40-41-42-43-46-48-50-53-56-59-62-65-68-71-83(88)95-74-80(86)75-97-102(91,92)98-76-81(87)77-99-103(93,94)100-79-82(101-85(90)73-70-67-64-61-58-55-52-49-45-33-30-27-24-21-18-15-12-9-6-3)78-96-84(89)72-69-66-63-60-57-54-51-47-44-32-29-26-23-20-17-14-11-8-5-2/h7-12,16-21,25-30,34-35,37-38,44-45,47,49,80-82,86-87H,4-6,13-15,22-24,31-33,36,39-43,46,48,50-79H2,1-3H3,(H,91,92)(H,93,94)/b10-7-,11-8-,12-9-,19-16-,20-17-,21-18-,28-25-,29-26-,30-27-,35-34-,38-37-,47-44-,49-45-. The van der Waals surface area contributed by atoms with Gasteiger partial charge in [0.25, 0.3) is 0 Å². The van der Waals surface area contributed by atoms with Crippen molar-refractivity contribution in [2.45, 2.75) is 322 Å². The van der Waals surface area contributed by atoms with Crippen molar-refractivity contribution in [3.63, 3.8) is 0 Å². The van der Waals surface area contributed by atoms with Gasteiger partial charge in [0, 0.05) is 19.3 Å². The van der Waals surface area contributed by atoms with Crippen LogP contribution in [0.4, 0.5) is 0 Å². The van der Waals surface area contributed by atoms with Gasteiger partial charge in [0.05, 0.1) is 26.4 Å². The van der Waals surface area contributed by atoms with Crippen molar-refractivity contribution in [1.82, 2.24) is 0 Å². The summed E-state index contributed by atoms with van der Waals surface area (Å²) in [6, 6.07) is 0. The van der Waals surface area contributed by atoms with Crippen LogP contribution in [0.2, 0.25) is 0 Å². The monoisotopic (exact) mass is 1480 g/mol. The van der Waals surface area contributed by atoms with Gasteiger partial charge < -0.3 is 34.2 Å². The van der Waals surface area contributed by atoms with Crippen molar-refractivity contribution in [3.8, 4) is 0 Å². The van der Waals surface area contributed by atoms with Crippen LogP contribution in [0.15, 0.2) is 158 Å². The molecule has 0 fully saturated rings. The predicted octanol–water partition coefficient (Wildman–Crippen LogP) is 23.4. The maximum Gasteiger partial charge on any atom is 0.472 e. The van der Waals surface area contributed by atoms with Gasteiger partial charge in [-0.1, -0.05) is 301 Å². The van der Waals surface area contributed by atoms with Crippen LogP contribution in [0.1, 0.15) is 303 Å². The van der Waals surface area contributed by atoms with E-state index in [1.807, 2.05) is 0 Å². The number of phosphoric ester groups is 2. The quantitative estimate of drug-likeness (QED) is 0.0146. The number of rotatable bonds is 74. The summed E-state index contributed by atoms with van der Waals surface area (Å²) < 4.78 is 61.2. The highest BCUT2D eigenvalue weighted by Crippen LogP contribution is 2.45. The van der Waals surface area contributed by atoms with Crippen molar-refractivity contribution < 1.29 is 75.8 Å². The number of esters is 3. The van der Waals surface area contributed by atoms with E-state index >= 15 is 0 Å². The van der Waals surface area contributed by atoms with E-state index in [0.717, 1.165) is 186 Å². The minimum atomic E-state index is -4.94. The molecule has 0 aromatic heterocycles. The lowest BCUT2D eigenvalue weighted by Gasteiger charge is -2.21. The number of aliphatic hydroxyl groups excluding tert-OH is 2. The molecular formula is C85H142O16P2. The fourth-order valence-electron chi connectivity index (χ4n) is 10.3. The smallest absolute Gasteiger partial charge is 0.463 e. The minimum Gasteiger partial charge on any atom is -0.463 e. The average molecular weight is 1480 g/mol. The fraction of sp³-hybridized carbons (Fsp3) is 0.659. The Labute approximate surface area is 625 Å². The van der Waals surface area contributed by atoms with Crippen molar-refractivity contribution in [2.24, 2.45) is 0 Å². The van der Waals surface area contributed by atoms with Gasteiger partial charge >= 0.3 is 33.6 Å². The van der Waals surface area contributed by atoms with Gasteiger partial charge in [0.15, 0.2) is 6.10 Å². The van der Waals surface area contributed by atoms with Crippen molar-refractivity contribution in [3.05, 3.63) is 158 Å². The number of hydrogen-bond acceptors (Lipinski definition) is 14. The third-order valence-electron chi connectivity index (χ3n) is 16.2. The van der Waals surface area contributed by atoms with E-state index in [9.17, 15) is 43.5 Å². The summed E-state index contributed by atoms with van der Waals surface area (Å²) in [5.74, 6) is -1.61. The number of ether oxygens (including phenoxy) is 3. The predicted molar refractivity (Wildman–Crippen MR) is 426 cm³/mol. The molecular weight excluding hydrogens is 1340 g/mol. The van der Waals surface area contributed by atoms with E-state index in [1.54, 1.807) is 0 Å². The maximum atomic E-state index is 13.0. The average Bonchev–Trinajstić information content (AvgIpc) is 0.918. The molecule has 103 heavy (non-hydrogen) atoms. The zero-order valence-corrected chi connectivity index (χ0v) is 66.0. The second-order valence-corrected chi connectivity index (χ2v) is 29.0. The number of carbonyl (C=O) groups is 3. The second kappa shape index (κ2) is 76.8.